The normalized spacial score (nSPS) is 10.1. The van der Waals surface area contributed by atoms with Crippen LogP contribution in [0.25, 0.3) is 0 Å². The number of amides is 2. The molecule has 20 heavy (non-hydrogen) atoms. The van der Waals surface area contributed by atoms with Crippen LogP contribution in [0.2, 0.25) is 0 Å². The number of imide groups is 1. The molecular weight excluding hydrogens is 250 g/mol. The van der Waals surface area contributed by atoms with Crippen LogP contribution in [0.4, 0.5) is 0 Å². The number of carbonyl (C=O) groups excluding carboxylic acids is 2. The van der Waals surface area contributed by atoms with Gasteiger partial charge in [-0.2, -0.15) is 0 Å². The molecule has 0 fully saturated rings. The third-order valence-corrected chi connectivity index (χ3v) is 3.11. The average molecular weight is 267 g/mol. The first-order valence-electron chi connectivity index (χ1n) is 6.60. The second-order valence-corrected chi connectivity index (χ2v) is 4.58. The Hall–Kier alpha value is -2.42. The van der Waals surface area contributed by atoms with Crippen molar-refractivity contribution < 1.29 is 9.59 Å². The zero-order valence-electron chi connectivity index (χ0n) is 11.5. The summed E-state index contributed by atoms with van der Waals surface area (Å²) in [5.74, 6) is -0.469. The molecule has 0 spiro atoms. The molecule has 0 aliphatic rings. The van der Waals surface area contributed by atoms with Gasteiger partial charge in [-0.25, -0.2) is 0 Å². The lowest BCUT2D eigenvalue weighted by Crippen LogP contribution is -2.36. The van der Waals surface area contributed by atoms with Gasteiger partial charge < -0.3 is 0 Å². The molecule has 3 heteroatoms. The Labute approximate surface area is 118 Å². The molecule has 0 aromatic heterocycles. The van der Waals surface area contributed by atoms with Crippen molar-refractivity contribution in [1.29, 1.82) is 0 Å². The van der Waals surface area contributed by atoms with Crippen molar-refractivity contribution in [1.82, 2.24) is 4.90 Å². The monoisotopic (exact) mass is 267 g/mol. The molecule has 2 aromatic carbocycles. The molecule has 2 amide bonds. The van der Waals surface area contributed by atoms with Gasteiger partial charge >= 0.3 is 0 Å². The quantitative estimate of drug-likeness (QED) is 0.854. The predicted octanol–water partition coefficient (Wildman–Crippen LogP) is 2.92. The van der Waals surface area contributed by atoms with E-state index in [4.69, 9.17) is 0 Å². The smallest absolute Gasteiger partial charge is 0.260 e. The van der Waals surface area contributed by atoms with E-state index in [2.05, 4.69) is 0 Å². The third kappa shape index (κ3) is 3.54. The van der Waals surface area contributed by atoms with Crippen molar-refractivity contribution >= 4 is 11.8 Å². The third-order valence-electron chi connectivity index (χ3n) is 3.11. The summed E-state index contributed by atoms with van der Waals surface area (Å²) < 4.78 is 0. The van der Waals surface area contributed by atoms with E-state index in [1.54, 1.807) is 24.3 Å². The van der Waals surface area contributed by atoms with Crippen LogP contribution in [0.5, 0.6) is 0 Å². The van der Waals surface area contributed by atoms with Crippen LogP contribution < -0.4 is 0 Å². The highest BCUT2D eigenvalue weighted by atomic mass is 16.2. The van der Waals surface area contributed by atoms with E-state index in [1.165, 1.54) is 11.8 Å². The van der Waals surface area contributed by atoms with Gasteiger partial charge in [0.1, 0.15) is 0 Å². The molecule has 0 saturated heterocycles. The lowest BCUT2D eigenvalue weighted by Gasteiger charge is -2.19. The molecule has 3 nitrogen and oxygen atoms in total. The fourth-order valence-electron chi connectivity index (χ4n) is 2.02. The highest BCUT2D eigenvalue weighted by Gasteiger charge is 2.18. The average Bonchev–Trinajstić information content (AvgIpc) is 2.49. The highest BCUT2D eigenvalue weighted by molar-refractivity contribution is 6.04. The van der Waals surface area contributed by atoms with E-state index in [0.29, 0.717) is 18.5 Å². The first kappa shape index (κ1) is 14.0. The molecule has 0 radical (unpaired) electrons. The molecule has 0 unspecified atom stereocenters. The second kappa shape index (κ2) is 6.66. The Morgan fingerprint density at radius 2 is 1.45 bits per heavy atom. The van der Waals surface area contributed by atoms with Gasteiger partial charge in [-0.15, -0.1) is 0 Å². The maximum atomic E-state index is 12.3. The first-order valence-corrected chi connectivity index (χ1v) is 6.60. The van der Waals surface area contributed by atoms with Crippen molar-refractivity contribution in [3.63, 3.8) is 0 Å². The summed E-state index contributed by atoms with van der Waals surface area (Å²) in [7, 11) is 0. The summed E-state index contributed by atoms with van der Waals surface area (Å²) in [6.45, 7) is 1.82. The van der Waals surface area contributed by atoms with E-state index >= 15 is 0 Å². The summed E-state index contributed by atoms with van der Waals surface area (Å²) >= 11 is 0. The lowest BCUT2D eigenvalue weighted by atomic mass is 10.1. The Morgan fingerprint density at radius 3 is 2.00 bits per heavy atom. The fourth-order valence-corrected chi connectivity index (χ4v) is 2.02. The summed E-state index contributed by atoms with van der Waals surface area (Å²) in [6, 6.07) is 18.7. The van der Waals surface area contributed by atoms with Crippen molar-refractivity contribution in [2.24, 2.45) is 0 Å². The van der Waals surface area contributed by atoms with Gasteiger partial charge in [-0.05, 0) is 24.1 Å². The van der Waals surface area contributed by atoms with Crippen LogP contribution in [0.1, 0.15) is 22.8 Å². The molecule has 2 rings (SSSR count). The van der Waals surface area contributed by atoms with Gasteiger partial charge in [-0.3, -0.25) is 14.5 Å². The Kier molecular flexibility index (Phi) is 4.66. The standard InChI is InChI=1S/C17H17NO2/c1-14(19)18(13-12-15-8-4-2-5-9-15)17(20)16-10-6-3-7-11-16/h2-11H,12-13H2,1H3. The maximum Gasteiger partial charge on any atom is 0.260 e. The van der Waals surface area contributed by atoms with Gasteiger partial charge in [0.25, 0.3) is 5.91 Å². The summed E-state index contributed by atoms with van der Waals surface area (Å²) in [5, 5.41) is 0. The summed E-state index contributed by atoms with van der Waals surface area (Å²) in [4.78, 5) is 25.3. The number of rotatable bonds is 4. The van der Waals surface area contributed by atoms with E-state index in [9.17, 15) is 9.59 Å². The largest absolute Gasteiger partial charge is 0.278 e. The van der Waals surface area contributed by atoms with Gasteiger partial charge in [0.05, 0.1) is 0 Å². The van der Waals surface area contributed by atoms with Crippen LogP contribution >= 0.6 is 0 Å². The van der Waals surface area contributed by atoms with Crippen LogP contribution in [0, 0.1) is 0 Å². The molecule has 0 aliphatic heterocycles. The van der Waals surface area contributed by atoms with Crippen LogP contribution in [-0.2, 0) is 11.2 Å². The molecule has 0 heterocycles. The van der Waals surface area contributed by atoms with E-state index in [0.717, 1.165) is 5.56 Å². The number of hydrogen-bond donors (Lipinski definition) is 0. The molecular formula is C17H17NO2. The van der Waals surface area contributed by atoms with Crippen molar-refractivity contribution in [2.75, 3.05) is 6.54 Å². The van der Waals surface area contributed by atoms with Crippen LogP contribution in [-0.4, -0.2) is 23.3 Å². The first-order chi connectivity index (χ1) is 9.68. The van der Waals surface area contributed by atoms with Gasteiger partial charge in [0.2, 0.25) is 5.91 Å². The second-order valence-electron chi connectivity index (χ2n) is 4.58. The molecule has 0 aliphatic carbocycles. The SMILES string of the molecule is CC(=O)N(CCc1ccccc1)C(=O)c1ccccc1. The van der Waals surface area contributed by atoms with Crippen molar-refractivity contribution in [3.8, 4) is 0 Å². The molecule has 0 atom stereocenters. The van der Waals surface area contributed by atoms with Crippen LogP contribution in [0.3, 0.4) is 0 Å². The summed E-state index contributed by atoms with van der Waals surface area (Å²) in [5.41, 5.74) is 1.65. The number of carbonyl (C=O) groups is 2. The van der Waals surface area contributed by atoms with Gasteiger partial charge in [0.15, 0.2) is 0 Å². The highest BCUT2D eigenvalue weighted by Crippen LogP contribution is 2.07. The molecule has 0 bridgehead atoms. The van der Waals surface area contributed by atoms with E-state index < -0.39 is 0 Å². The maximum absolute atomic E-state index is 12.3. The Morgan fingerprint density at radius 1 is 0.900 bits per heavy atom. The zero-order valence-corrected chi connectivity index (χ0v) is 11.5. The Bertz CT molecular complexity index is 578. The Balaban J connectivity index is 2.08. The summed E-state index contributed by atoms with van der Waals surface area (Å²) in [6.07, 6.45) is 0.666. The number of nitrogens with zero attached hydrogens (tertiary/aromatic N) is 1. The zero-order chi connectivity index (χ0) is 14.4. The lowest BCUT2D eigenvalue weighted by molar-refractivity contribution is -0.126. The van der Waals surface area contributed by atoms with Gasteiger partial charge in [0, 0.05) is 19.0 Å². The fraction of sp³-hybridized carbons (Fsp3) is 0.176. The molecule has 102 valence electrons. The van der Waals surface area contributed by atoms with Crippen LogP contribution in [0.15, 0.2) is 60.7 Å². The minimum absolute atomic E-state index is 0.227. The minimum Gasteiger partial charge on any atom is -0.278 e. The predicted molar refractivity (Wildman–Crippen MR) is 78.3 cm³/mol. The van der Waals surface area contributed by atoms with Crippen molar-refractivity contribution in [2.45, 2.75) is 13.3 Å². The minimum atomic E-state index is -0.242. The van der Waals surface area contributed by atoms with Crippen molar-refractivity contribution in [3.05, 3.63) is 71.8 Å². The number of benzene rings is 2. The molecule has 2 aromatic rings. The molecule has 0 saturated carbocycles. The number of hydrogen-bond acceptors (Lipinski definition) is 2. The van der Waals surface area contributed by atoms with Gasteiger partial charge in [-0.1, -0.05) is 48.5 Å². The molecule has 0 N–H and O–H groups in total. The van der Waals surface area contributed by atoms with E-state index in [1.807, 2.05) is 36.4 Å². The topological polar surface area (TPSA) is 37.4 Å². The van der Waals surface area contributed by atoms with E-state index in [-0.39, 0.29) is 11.8 Å².